The van der Waals surface area contributed by atoms with Crippen molar-refractivity contribution in [3.63, 3.8) is 0 Å². The summed E-state index contributed by atoms with van der Waals surface area (Å²) in [4.78, 5) is 46.7. The highest BCUT2D eigenvalue weighted by molar-refractivity contribution is 6.06. The van der Waals surface area contributed by atoms with Gasteiger partial charge in [0, 0.05) is 42.1 Å². The standard InChI is InChI=1S/C34H39N7O4/c1-3-5-17-40-22-25(18-23-15-16-29(35-19-23)27-13-9-10-14-28(27)30-38-34(43)45-39-30)32(42)41(31(40)24-11-7-6-8-12-24)33-36-20-26(21-37-33)44-4-2/h9-10,13-16,19-22,24,31H,3-8,11-12,17-18H2,1-2H3,(H,38,39,43). The molecule has 1 unspecified atom stereocenters. The SMILES string of the molecule is CCCCN1C=C(Cc2ccc(-c3ccccc3-c3noc(=O)[nH]3)nc2)C(=O)N(c2ncc(OCC)cn2)C1C1CCCCC1. The lowest BCUT2D eigenvalue weighted by molar-refractivity contribution is -0.118. The average molecular weight is 610 g/mol. The largest absolute Gasteiger partial charge is 0.491 e. The number of aromatic amines is 1. The first kappa shape index (κ1) is 30.2. The van der Waals surface area contributed by atoms with E-state index >= 15 is 0 Å². The molecule has 4 heterocycles. The Morgan fingerprint density at radius 2 is 1.73 bits per heavy atom. The highest BCUT2D eigenvalue weighted by Gasteiger charge is 2.41. The molecule has 4 aromatic rings. The maximum absolute atomic E-state index is 14.4. The summed E-state index contributed by atoms with van der Waals surface area (Å²) in [7, 11) is 0. The number of nitrogens with zero attached hydrogens (tertiary/aromatic N) is 6. The van der Waals surface area contributed by atoms with Crippen LogP contribution in [0.1, 0.15) is 64.4 Å². The maximum atomic E-state index is 14.4. The fraction of sp³-hybridized carbons (Fsp3) is 0.412. The zero-order chi connectivity index (χ0) is 31.2. The van der Waals surface area contributed by atoms with Crippen molar-refractivity contribution in [2.75, 3.05) is 18.1 Å². The van der Waals surface area contributed by atoms with Crippen molar-refractivity contribution in [2.24, 2.45) is 5.92 Å². The van der Waals surface area contributed by atoms with Gasteiger partial charge in [-0.1, -0.05) is 68.1 Å². The molecule has 2 aliphatic rings. The van der Waals surface area contributed by atoms with Gasteiger partial charge in [0.25, 0.3) is 5.91 Å². The number of nitrogens with one attached hydrogen (secondary N) is 1. The van der Waals surface area contributed by atoms with Gasteiger partial charge < -0.3 is 9.64 Å². The number of pyridine rings is 1. The summed E-state index contributed by atoms with van der Waals surface area (Å²) in [5.74, 6) is 0.982. The molecule has 1 N–H and O–H groups in total. The molecule has 45 heavy (non-hydrogen) atoms. The number of anilines is 1. The number of H-pyrrole nitrogens is 1. The summed E-state index contributed by atoms with van der Waals surface area (Å²) in [6.45, 7) is 5.48. The fourth-order valence-electron chi connectivity index (χ4n) is 6.38. The van der Waals surface area contributed by atoms with Crippen molar-refractivity contribution in [1.82, 2.24) is 30.0 Å². The normalized spacial score (nSPS) is 17.4. The Kier molecular flexibility index (Phi) is 9.33. The van der Waals surface area contributed by atoms with Gasteiger partial charge in [0.2, 0.25) is 5.95 Å². The molecule has 1 aromatic carbocycles. The second kappa shape index (κ2) is 13.9. The Bertz CT molecular complexity index is 1670. The highest BCUT2D eigenvalue weighted by atomic mass is 16.5. The molecular weight excluding hydrogens is 570 g/mol. The smallest absolute Gasteiger partial charge is 0.439 e. The van der Waals surface area contributed by atoms with E-state index in [1.54, 1.807) is 18.6 Å². The predicted molar refractivity (Wildman–Crippen MR) is 170 cm³/mol. The van der Waals surface area contributed by atoms with Crippen LogP contribution in [0.2, 0.25) is 0 Å². The van der Waals surface area contributed by atoms with Crippen molar-refractivity contribution in [3.8, 4) is 28.4 Å². The lowest BCUT2D eigenvalue weighted by Crippen LogP contribution is -2.58. The molecule has 0 radical (unpaired) electrons. The Labute approximate surface area is 262 Å². The van der Waals surface area contributed by atoms with Gasteiger partial charge in [-0.05, 0) is 43.7 Å². The number of benzene rings is 1. The molecule has 0 saturated heterocycles. The minimum Gasteiger partial charge on any atom is -0.491 e. The van der Waals surface area contributed by atoms with Crippen LogP contribution < -0.4 is 15.4 Å². The fourth-order valence-corrected chi connectivity index (χ4v) is 6.38. The van der Waals surface area contributed by atoms with Gasteiger partial charge in [-0.25, -0.2) is 14.8 Å². The molecule has 11 nitrogen and oxygen atoms in total. The van der Waals surface area contributed by atoms with Gasteiger partial charge in [0.1, 0.15) is 6.17 Å². The summed E-state index contributed by atoms with van der Waals surface area (Å²) < 4.78 is 10.3. The summed E-state index contributed by atoms with van der Waals surface area (Å²) in [5.41, 5.74) is 3.81. The van der Waals surface area contributed by atoms with E-state index in [1.807, 2.05) is 48.2 Å². The van der Waals surface area contributed by atoms with Crippen LogP contribution in [-0.2, 0) is 11.2 Å². The molecule has 3 aromatic heterocycles. The zero-order valence-corrected chi connectivity index (χ0v) is 25.8. The Balaban J connectivity index is 1.32. The third-order valence-corrected chi connectivity index (χ3v) is 8.52. The van der Waals surface area contributed by atoms with Crippen molar-refractivity contribution < 1.29 is 14.1 Å². The first-order chi connectivity index (χ1) is 22.1. The second-order valence-corrected chi connectivity index (χ2v) is 11.6. The number of carbonyl (C=O) groups is 1. The third kappa shape index (κ3) is 6.67. The van der Waals surface area contributed by atoms with Crippen molar-refractivity contribution in [2.45, 2.75) is 71.4 Å². The lowest BCUT2D eigenvalue weighted by atomic mass is 9.84. The molecule has 0 spiro atoms. The molecule has 1 atom stereocenters. The van der Waals surface area contributed by atoms with Crippen LogP contribution in [0.5, 0.6) is 5.75 Å². The molecule has 1 saturated carbocycles. The van der Waals surface area contributed by atoms with Crippen molar-refractivity contribution in [3.05, 3.63) is 82.9 Å². The van der Waals surface area contributed by atoms with Gasteiger partial charge in [-0.3, -0.25) is 24.2 Å². The summed E-state index contributed by atoms with van der Waals surface area (Å²) in [5, 5.41) is 3.85. The van der Waals surface area contributed by atoms with Crippen LogP contribution in [0.15, 0.2) is 76.1 Å². The predicted octanol–water partition coefficient (Wildman–Crippen LogP) is 5.76. The number of rotatable bonds is 11. The van der Waals surface area contributed by atoms with E-state index in [0.717, 1.165) is 43.4 Å². The Hall–Kier alpha value is -4.80. The first-order valence-corrected chi connectivity index (χ1v) is 15.9. The molecule has 234 valence electrons. The number of aromatic nitrogens is 5. The van der Waals surface area contributed by atoms with Crippen LogP contribution in [0.3, 0.4) is 0 Å². The van der Waals surface area contributed by atoms with Gasteiger partial charge in [0.05, 0.1) is 24.7 Å². The van der Waals surface area contributed by atoms with Crippen LogP contribution in [0, 0.1) is 5.92 Å². The minimum atomic E-state index is -0.614. The molecule has 1 aliphatic carbocycles. The lowest BCUT2D eigenvalue weighted by Gasteiger charge is -2.47. The van der Waals surface area contributed by atoms with Crippen LogP contribution in [-0.4, -0.2) is 55.2 Å². The molecule has 0 bridgehead atoms. The average Bonchev–Trinajstić information content (AvgIpc) is 3.52. The Morgan fingerprint density at radius 1 is 0.956 bits per heavy atom. The third-order valence-electron chi connectivity index (χ3n) is 8.52. The zero-order valence-electron chi connectivity index (χ0n) is 25.8. The molecule has 11 heteroatoms. The maximum Gasteiger partial charge on any atom is 0.439 e. The number of hydrogen-bond donors (Lipinski definition) is 1. The van der Waals surface area contributed by atoms with Gasteiger partial charge in [-0.2, -0.15) is 0 Å². The quantitative estimate of drug-likeness (QED) is 0.225. The summed E-state index contributed by atoms with van der Waals surface area (Å²) in [6, 6.07) is 11.5. The number of hydrogen-bond acceptors (Lipinski definition) is 9. The van der Waals surface area contributed by atoms with Crippen LogP contribution in [0.4, 0.5) is 5.95 Å². The molecule has 6 rings (SSSR count). The summed E-state index contributed by atoms with van der Waals surface area (Å²) in [6.07, 6.45) is 15.3. The minimum absolute atomic E-state index is 0.0770. The highest BCUT2D eigenvalue weighted by Crippen LogP contribution is 2.37. The number of unbranched alkanes of at least 4 members (excludes halogenated alkanes) is 1. The molecule has 1 amide bonds. The van der Waals surface area contributed by atoms with Gasteiger partial charge in [0.15, 0.2) is 11.6 Å². The van der Waals surface area contributed by atoms with Gasteiger partial charge in [-0.15, -0.1) is 0 Å². The van der Waals surface area contributed by atoms with E-state index in [4.69, 9.17) is 14.2 Å². The topological polar surface area (TPSA) is 130 Å². The van der Waals surface area contributed by atoms with Crippen molar-refractivity contribution >= 4 is 11.9 Å². The molecule has 1 fully saturated rings. The number of carbonyl (C=O) groups excluding carboxylic acids is 1. The van der Waals surface area contributed by atoms with Crippen molar-refractivity contribution in [1.29, 1.82) is 0 Å². The van der Waals surface area contributed by atoms with Gasteiger partial charge >= 0.3 is 5.76 Å². The Morgan fingerprint density at radius 3 is 2.40 bits per heavy atom. The van der Waals surface area contributed by atoms with E-state index in [1.165, 1.54) is 19.3 Å². The monoisotopic (exact) mass is 609 g/mol. The van der Waals surface area contributed by atoms with E-state index in [2.05, 4.69) is 38.1 Å². The van der Waals surface area contributed by atoms with E-state index in [0.29, 0.717) is 53.3 Å². The van der Waals surface area contributed by atoms with Crippen LogP contribution in [0.25, 0.3) is 22.6 Å². The molecule has 1 aliphatic heterocycles. The number of amides is 1. The van der Waals surface area contributed by atoms with Crippen LogP contribution >= 0.6 is 0 Å². The van der Waals surface area contributed by atoms with E-state index in [-0.39, 0.29) is 12.1 Å². The first-order valence-electron chi connectivity index (χ1n) is 15.9. The van der Waals surface area contributed by atoms with E-state index < -0.39 is 5.76 Å². The van der Waals surface area contributed by atoms with E-state index in [9.17, 15) is 9.59 Å². The molecular formula is C34H39N7O4. The second-order valence-electron chi connectivity index (χ2n) is 11.6. The number of ether oxygens (including phenoxy) is 1. The summed E-state index contributed by atoms with van der Waals surface area (Å²) >= 11 is 0.